The maximum Gasteiger partial charge on any atom is 0.155 e. The zero-order valence-corrected chi connectivity index (χ0v) is 12.7. The maximum atomic E-state index is 8.49. The van der Waals surface area contributed by atoms with Crippen molar-refractivity contribution in [3.05, 3.63) is 41.5 Å². The molecule has 1 N–H and O–H groups in total. The van der Waals surface area contributed by atoms with E-state index in [-0.39, 0.29) is 0 Å². The minimum absolute atomic E-state index is 0.515. The predicted octanol–water partition coefficient (Wildman–Crippen LogP) is -3.66. The fourth-order valence-corrected chi connectivity index (χ4v) is 2.01. The minimum Gasteiger partial charge on any atom is -0.225 e. The third-order valence-corrected chi connectivity index (χ3v) is 3.30. The molecule has 1 aromatic rings. The van der Waals surface area contributed by atoms with Gasteiger partial charge in [0.1, 0.15) is 0 Å². The number of nitrogens with zero attached hydrogens (tertiary/aromatic N) is 1. The molecule has 0 radical (unpaired) electrons. The Kier molecular flexibility index (Phi) is 5.67. The molecule has 2 unspecified atom stereocenters. The van der Waals surface area contributed by atoms with Gasteiger partial charge in [-0.25, -0.2) is 23.6 Å². The number of hydrogen-bond donors (Lipinski definition) is 1. The molecule has 20 heavy (non-hydrogen) atoms. The zero-order valence-electron chi connectivity index (χ0n) is 11.9. The van der Waals surface area contributed by atoms with E-state index in [0.717, 1.165) is 0 Å². The number of halogens is 1. The van der Waals surface area contributed by atoms with Crippen LogP contribution < -0.4 is 23.6 Å². The minimum atomic E-state index is -4.94. The van der Waals surface area contributed by atoms with Crippen molar-refractivity contribution in [1.29, 1.82) is 0 Å². The van der Waals surface area contributed by atoms with Gasteiger partial charge in [-0.15, -0.1) is 15.3 Å². The Morgan fingerprint density at radius 1 is 1.10 bits per heavy atom. The van der Waals surface area contributed by atoms with Crippen molar-refractivity contribution in [1.82, 2.24) is 5.01 Å². The lowest BCUT2D eigenvalue weighted by Crippen LogP contribution is -3.11. The zero-order chi connectivity index (χ0) is 15.5. The van der Waals surface area contributed by atoms with Crippen LogP contribution in [0.4, 0.5) is 0 Å². The summed E-state index contributed by atoms with van der Waals surface area (Å²) >= 11 is 0. The normalized spacial score (nSPS) is 23.1. The lowest BCUT2D eigenvalue weighted by atomic mass is 10.1. The summed E-state index contributed by atoms with van der Waals surface area (Å²) in [6, 6.07) is 9.27. The fourth-order valence-electron chi connectivity index (χ4n) is 2.01. The van der Waals surface area contributed by atoms with Crippen LogP contribution in [0.2, 0.25) is 0 Å². The molecule has 6 nitrogen and oxygen atoms in total. The highest BCUT2D eigenvalue weighted by molar-refractivity contribution is 5.59. The molecule has 0 fully saturated rings. The average Bonchev–Trinajstić information content (AvgIpc) is 2.56. The standard InChI is InChI=1S/C13H18N2.ClHO4/c1-10-5-7-12(8-6-10)13-9-11(2)14(3)15(13)4;2-1(3,4)5/h5-9,11H,1-4H3;(H,2,3,4,5). The molecular formula is C13H19ClN2O4. The topological polar surface area (TPSA) is 99.9 Å². The summed E-state index contributed by atoms with van der Waals surface area (Å²) < 4.78 is 34.0. The first-order valence-electron chi connectivity index (χ1n) is 6.07. The summed E-state index contributed by atoms with van der Waals surface area (Å²) in [4.78, 5) is 0. The largest absolute Gasteiger partial charge is 0.225 e. The highest BCUT2D eigenvalue weighted by Gasteiger charge is 2.29. The van der Waals surface area contributed by atoms with Crippen molar-refractivity contribution in [3.63, 3.8) is 0 Å². The Hall–Kier alpha value is -0.990. The summed E-state index contributed by atoms with van der Waals surface area (Å²) in [6.45, 7) is 4.35. The molecule has 1 aromatic carbocycles. The van der Waals surface area contributed by atoms with Gasteiger partial charge in [-0.2, -0.15) is 0 Å². The Morgan fingerprint density at radius 2 is 1.55 bits per heavy atom. The maximum absolute atomic E-state index is 8.49. The van der Waals surface area contributed by atoms with Crippen molar-refractivity contribution in [3.8, 4) is 0 Å². The lowest BCUT2D eigenvalue weighted by molar-refractivity contribution is -2.00. The van der Waals surface area contributed by atoms with Gasteiger partial charge in [0, 0.05) is 18.7 Å². The first-order valence-corrected chi connectivity index (χ1v) is 7.30. The van der Waals surface area contributed by atoms with E-state index in [1.54, 1.807) is 0 Å². The number of benzene rings is 1. The molecule has 2 rings (SSSR count). The lowest BCUT2D eigenvalue weighted by Gasteiger charge is -2.21. The number of hydrogen-bond acceptors (Lipinski definition) is 5. The molecule has 1 aliphatic rings. The molecule has 1 aliphatic heterocycles. The summed E-state index contributed by atoms with van der Waals surface area (Å²) in [6.07, 6.45) is 2.33. The molecule has 2 atom stereocenters. The number of aryl methyl sites for hydroxylation is 1. The molecule has 0 aromatic heterocycles. The number of likely N-dealkylation sites (N-methyl/N-ethyl adjacent to an activating group) is 1. The van der Waals surface area contributed by atoms with Crippen LogP contribution in [-0.4, -0.2) is 25.1 Å². The Balaban J connectivity index is 0.000000347. The van der Waals surface area contributed by atoms with Gasteiger partial charge in [0.25, 0.3) is 0 Å². The molecular weight excluding hydrogens is 284 g/mol. The van der Waals surface area contributed by atoms with Crippen molar-refractivity contribution < 1.29 is 33.9 Å². The van der Waals surface area contributed by atoms with Crippen LogP contribution in [0, 0.1) is 17.2 Å². The fraction of sp³-hybridized carbons (Fsp3) is 0.385. The highest BCUT2D eigenvalue weighted by Crippen LogP contribution is 2.15. The Bertz CT molecular complexity index is 464. The second-order valence-electron chi connectivity index (χ2n) is 4.76. The van der Waals surface area contributed by atoms with E-state index in [9.17, 15) is 0 Å². The van der Waals surface area contributed by atoms with Crippen molar-refractivity contribution in [2.24, 2.45) is 0 Å². The average molecular weight is 303 g/mol. The molecule has 0 saturated carbocycles. The molecule has 0 aliphatic carbocycles. The Labute approximate surface area is 120 Å². The van der Waals surface area contributed by atoms with E-state index in [4.69, 9.17) is 18.6 Å². The molecule has 0 bridgehead atoms. The van der Waals surface area contributed by atoms with Crippen molar-refractivity contribution >= 4 is 5.70 Å². The summed E-state index contributed by atoms with van der Waals surface area (Å²) in [7, 11) is -0.604. The molecule has 7 heteroatoms. The predicted molar refractivity (Wildman–Crippen MR) is 63.3 cm³/mol. The van der Waals surface area contributed by atoms with Crippen LogP contribution in [0.1, 0.15) is 18.1 Å². The number of quaternary nitrogens is 1. The van der Waals surface area contributed by atoms with E-state index in [1.165, 1.54) is 21.8 Å². The van der Waals surface area contributed by atoms with Gasteiger partial charge < -0.3 is 0 Å². The van der Waals surface area contributed by atoms with Crippen molar-refractivity contribution in [2.75, 3.05) is 14.1 Å². The van der Waals surface area contributed by atoms with Crippen LogP contribution in [0.5, 0.6) is 0 Å². The number of rotatable bonds is 1. The van der Waals surface area contributed by atoms with E-state index < -0.39 is 10.2 Å². The third kappa shape index (κ3) is 5.18. The van der Waals surface area contributed by atoms with E-state index in [0.29, 0.717) is 6.04 Å². The van der Waals surface area contributed by atoms with Crippen LogP contribution in [-0.2, 0) is 0 Å². The smallest absolute Gasteiger partial charge is 0.155 e. The van der Waals surface area contributed by atoms with Crippen LogP contribution in [0.3, 0.4) is 0 Å². The molecule has 0 saturated heterocycles. The van der Waals surface area contributed by atoms with E-state index in [1.807, 2.05) is 0 Å². The van der Waals surface area contributed by atoms with Crippen LogP contribution in [0.15, 0.2) is 30.3 Å². The van der Waals surface area contributed by atoms with Crippen molar-refractivity contribution in [2.45, 2.75) is 19.9 Å². The molecule has 0 amide bonds. The second-order valence-corrected chi connectivity index (χ2v) is 5.52. The van der Waals surface area contributed by atoms with Gasteiger partial charge in [-0.05, 0) is 26.0 Å². The van der Waals surface area contributed by atoms with Gasteiger partial charge in [-0.1, -0.05) is 17.7 Å². The van der Waals surface area contributed by atoms with E-state index in [2.05, 4.69) is 63.3 Å². The SMILES string of the molecule is Cc1ccc(C2=CC(C)N(C)[NH+]2C)cc1.[O-][Cl+3]([O-])([O-])[O-]. The molecule has 112 valence electrons. The Morgan fingerprint density at radius 3 is 1.90 bits per heavy atom. The van der Waals surface area contributed by atoms with E-state index >= 15 is 0 Å². The third-order valence-electron chi connectivity index (χ3n) is 3.30. The monoisotopic (exact) mass is 302 g/mol. The van der Waals surface area contributed by atoms with Gasteiger partial charge in [0.2, 0.25) is 0 Å². The quantitative estimate of drug-likeness (QED) is 0.576. The van der Waals surface area contributed by atoms with Gasteiger partial charge in [0.15, 0.2) is 5.70 Å². The molecule has 1 heterocycles. The first-order chi connectivity index (χ1) is 9.09. The van der Waals surface area contributed by atoms with Gasteiger partial charge in [0.05, 0.1) is 13.1 Å². The molecule has 0 spiro atoms. The van der Waals surface area contributed by atoms with Gasteiger partial charge >= 0.3 is 0 Å². The summed E-state index contributed by atoms with van der Waals surface area (Å²) in [5, 5.41) is 3.68. The van der Waals surface area contributed by atoms with Gasteiger partial charge in [-0.3, -0.25) is 0 Å². The summed E-state index contributed by atoms with van der Waals surface area (Å²) in [5.41, 5.74) is 4.02. The van der Waals surface area contributed by atoms with Crippen LogP contribution >= 0.6 is 0 Å². The summed E-state index contributed by atoms with van der Waals surface area (Å²) in [5.74, 6) is 0. The highest BCUT2D eigenvalue weighted by atomic mass is 35.7. The number of nitrogens with one attached hydrogen (secondary N) is 1. The first kappa shape index (κ1) is 17.1. The second kappa shape index (κ2) is 6.64. The van der Waals surface area contributed by atoms with Crippen LogP contribution in [0.25, 0.3) is 5.70 Å².